The number of ether oxygens (including phenoxy) is 1. The van der Waals surface area contributed by atoms with Crippen molar-refractivity contribution in [1.29, 1.82) is 0 Å². The van der Waals surface area contributed by atoms with Crippen molar-refractivity contribution in [2.75, 3.05) is 12.4 Å². The van der Waals surface area contributed by atoms with Crippen molar-refractivity contribution in [3.05, 3.63) is 150 Å². The molecule has 7 nitrogen and oxygen atoms in total. The molecule has 1 atom stereocenters. The second-order valence-corrected chi connectivity index (χ2v) is 12.5. The van der Waals surface area contributed by atoms with Gasteiger partial charge in [0.05, 0.1) is 34.6 Å². The van der Waals surface area contributed by atoms with E-state index in [0.29, 0.717) is 32.0 Å². The zero-order chi connectivity index (χ0) is 31.9. The van der Waals surface area contributed by atoms with Crippen LogP contribution in [0.5, 0.6) is 5.75 Å². The van der Waals surface area contributed by atoms with Crippen LogP contribution in [0, 0.1) is 13.8 Å². The summed E-state index contributed by atoms with van der Waals surface area (Å²) in [5.41, 5.74) is 8.44. The van der Waals surface area contributed by atoms with E-state index < -0.39 is 6.04 Å². The lowest BCUT2D eigenvalue weighted by Crippen LogP contribution is -2.40. The number of allylic oxidation sites excluding steroid dienone is 1. The summed E-state index contributed by atoms with van der Waals surface area (Å²) in [5.74, 6) is 0.377. The number of nitrogens with one attached hydrogen (secondary N) is 2. The Hall–Kier alpha value is -5.47. The van der Waals surface area contributed by atoms with Crippen molar-refractivity contribution < 1.29 is 9.53 Å². The number of thiazole rings is 1. The maximum absolute atomic E-state index is 14.5. The van der Waals surface area contributed by atoms with E-state index in [9.17, 15) is 9.59 Å². The molecule has 0 saturated heterocycles. The molecule has 8 heteroatoms. The van der Waals surface area contributed by atoms with Crippen LogP contribution in [0.25, 0.3) is 28.2 Å². The first-order valence-corrected chi connectivity index (χ1v) is 15.9. The quantitative estimate of drug-likeness (QED) is 0.218. The van der Waals surface area contributed by atoms with Crippen LogP contribution in [0.4, 0.5) is 5.69 Å². The number of fused-ring (bicyclic) bond motifs is 2. The van der Waals surface area contributed by atoms with Gasteiger partial charge in [-0.05, 0) is 73.9 Å². The van der Waals surface area contributed by atoms with Crippen LogP contribution in [0.2, 0.25) is 0 Å². The SMILES string of the molecule is COc1ccc([C@@H]2C(C(=O)Nc3ccccc3)=C(C)N=c3s/c(=C/c4c(-c5ccccc5)[nH]c5c(C)cc(C)cc45)c(=O)n32)cc1. The molecular weight excluding hydrogens is 593 g/mol. The molecule has 0 unspecified atom stereocenters. The van der Waals surface area contributed by atoms with Gasteiger partial charge in [-0.3, -0.25) is 14.2 Å². The number of benzene rings is 4. The summed E-state index contributed by atoms with van der Waals surface area (Å²) in [4.78, 5) is 37.4. The summed E-state index contributed by atoms with van der Waals surface area (Å²) < 4.78 is 7.59. The molecule has 0 spiro atoms. The molecular formula is C38H32N4O3S. The molecule has 2 aromatic heterocycles. The summed E-state index contributed by atoms with van der Waals surface area (Å²) in [6.07, 6.45) is 1.97. The number of para-hydroxylation sites is 1. The van der Waals surface area contributed by atoms with Gasteiger partial charge in [0.25, 0.3) is 11.5 Å². The largest absolute Gasteiger partial charge is 0.497 e. The lowest BCUT2D eigenvalue weighted by atomic mass is 9.95. The van der Waals surface area contributed by atoms with Crippen LogP contribution in [0.1, 0.15) is 35.2 Å². The first kappa shape index (κ1) is 29.3. The smallest absolute Gasteiger partial charge is 0.271 e. The molecule has 1 aliphatic heterocycles. The Bertz CT molecular complexity index is 2330. The van der Waals surface area contributed by atoms with E-state index in [1.54, 1.807) is 11.7 Å². The Morgan fingerprint density at radius 2 is 1.65 bits per heavy atom. The van der Waals surface area contributed by atoms with Crippen LogP contribution in [0.15, 0.2) is 118 Å². The van der Waals surface area contributed by atoms with Crippen LogP contribution in [-0.4, -0.2) is 22.6 Å². The standard InChI is InChI=1S/C38H32N4O3S/c1-22-19-23(2)33-29(20-22)30(34(41-33)25-11-7-5-8-12-25)21-31-37(44)42-35(26-15-17-28(45-4)18-16-26)32(24(3)39-38(42)46-31)36(43)40-27-13-9-6-10-14-27/h5-21,35,41H,1-4H3,(H,40,43)/b31-21+/t35-/m1/s1. The summed E-state index contributed by atoms with van der Waals surface area (Å²) in [5, 5.41) is 4.06. The van der Waals surface area contributed by atoms with E-state index >= 15 is 0 Å². The van der Waals surface area contributed by atoms with E-state index in [0.717, 1.165) is 44.4 Å². The van der Waals surface area contributed by atoms with Gasteiger partial charge in [0.15, 0.2) is 4.80 Å². The number of aryl methyl sites for hydroxylation is 2. The highest BCUT2D eigenvalue weighted by Gasteiger charge is 2.32. The number of anilines is 1. The van der Waals surface area contributed by atoms with Gasteiger partial charge in [0.2, 0.25) is 0 Å². The number of carbonyl (C=O) groups excluding carboxylic acids is 1. The van der Waals surface area contributed by atoms with E-state index in [1.165, 1.54) is 11.3 Å². The Morgan fingerprint density at radius 1 is 0.957 bits per heavy atom. The van der Waals surface area contributed by atoms with Crippen LogP contribution in [-0.2, 0) is 4.79 Å². The van der Waals surface area contributed by atoms with Gasteiger partial charge < -0.3 is 15.0 Å². The topological polar surface area (TPSA) is 88.5 Å². The second-order valence-electron chi connectivity index (χ2n) is 11.5. The number of aromatic nitrogens is 2. The zero-order valence-corrected chi connectivity index (χ0v) is 26.7. The maximum Gasteiger partial charge on any atom is 0.271 e. The summed E-state index contributed by atoms with van der Waals surface area (Å²) >= 11 is 1.33. The average Bonchev–Trinajstić information content (AvgIpc) is 3.58. The molecule has 0 aliphatic carbocycles. The average molecular weight is 625 g/mol. The van der Waals surface area contributed by atoms with Crippen molar-refractivity contribution in [2.24, 2.45) is 4.99 Å². The number of hydrogen-bond acceptors (Lipinski definition) is 5. The van der Waals surface area contributed by atoms with Crippen molar-refractivity contribution in [2.45, 2.75) is 26.8 Å². The van der Waals surface area contributed by atoms with E-state index in [-0.39, 0.29) is 11.5 Å². The minimum Gasteiger partial charge on any atom is -0.497 e. The van der Waals surface area contributed by atoms with Crippen molar-refractivity contribution in [1.82, 2.24) is 9.55 Å². The highest BCUT2D eigenvalue weighted by atomic mass is 32.1. The van der Waals surface area contributed by atoms with Gasteiger partial charge in [0.1, 0.15) is 5.75 Å². The third kappa shape index (κ3) is 5.16. The fourth-order valence-electron chi connectivity index (χ4n) is 6.22. The first-order valence-electron chi connectivity index (χ1n) is 15.0. The Labute approximate surface area is 269 Å². The molecule has 0 radical (unpaired) electrons. The van der Waals surface area contributed by atoms with E-state index in [2.05, 4.69) is 48.4 Å². The van der Waals surface area contributed by atoms with Crippen molar-refractivity contribution in [3.8, 4) is 17.0 Å². The molecule has 2 N–H and O–H groups in total. The second kappa shape index (κ2) is 11.8. The van der Waals surface area contributed by atoms with Crippen LogP contribution >= 0.6 is 11.3 Å². The number of aromatic amines is 1. The van der Waals surface area contributed by atoms with Crippen LogP contribution in [0.3, 0.4) is 0 Å². The Kier molecular flexibility index (Phi) is 7.50. The number of carbonyl (C=O) groups is 1. The van der Waals surface area contributed by atoms with Gasteiger partial charge in [-0.25, -0.2) is 4.99 Å². The number of rotatable bonds is 6. The minimum atomic E-state index is -0.686. The van der Waals surface area contributed by atoms with E-state index in [4.69, 9.17) is 9.73 Å². The predicted octanol–water partition coefficient (Wildman–Crippen LogP) is 6.65. The number of H-pyrrole nitrogens is 1. The van der Waals surface area contributed by atoms with Gasteiger partial charge in [-0.2, -0.15) is 0 Å². The molecule has 46 heavy (non-hydrogen) atoms. The monoisotopic (exact) mass is 624 g/mol. The van der Waals surface area contributed by atoms with Gasteiger partial charge >= 0.3 is 0 Å². The van der Waals surface area contributed by atoms with Gasteiger partial charge in [0, 0.05) is 22.2 Å². The first-order chi connectivity index (χ1) is 22.3. The van der Waals surface area contributed by atoms with E-state index in [1.807, 2.05) is 85.8 Å². The Balaban J connectivity index is 1.44. The molecule has 3 heterocycles. The van der Waals surface area contributed by atoms with Crippen molar-refractivity contribution >= 4 is 39.9 Å². The molecule has 1 aliphatic rings. The highest BCUT2D eigenvalue weighted by Crippen LogP contribution is 2.34. The molecule has 0 saturated carbocycles. The molecule has 228 valence electrons. The fourth-order valence-corrected chi connectivity index (χ4v) is 7.25. The molecule has 0 fully saturated rings. The summed E-state index contributed by atoms with van der Waals surface area (Å²) in [6, 6.07) is 30.5. The third-order valence-electron chi connectivity index (χ3n) is 8.36. The fraction of sp³-hybridized carbons (Fsp3) is 0.132. The third-order valence-corrected chi connectivity index (χ3v) is 9.34. The minimum absolute atomic E-state index is 0.209. The summed E-state index contributed by atoms with van der Waals surface area (Å²) in [6.45, 7) is 6.00. The predicted molar refractivity (Wildman–Crippen MR) is 185 cm³/mol. The van der Waals surface area contributed by atoms with Crippen LogP contribution < -0.4 is 24.9 Å². The molecule has 0 bridgehead atoms. The maximum atomic E-state index is 14.5. The molecule has 1 amide bonds. The lowest BCUT2D eigenvalue weighted by Gasteiger charge is -2.25. The zero-order valence-electron chi connectivity index (χ0n) is 25.9. The number of nitrogens with zero attached hydrogens (tertiary/aromatic N) is 2. The number of methoxy groups -OCH3 is 1. The van der Waals surface area contributed by atoms with Gasteiger partial charge in [-0.15, -0.1) is 0 Å². The molecule has 7 rings (SSSR count). The highest BCUT2D eigenvalue weighted by molar-refractivity contribution is 7.07. The molecule has 6 aromatic rings. The number of hydrogen-bond donors (Lipinski definition) is 2. The Morgan fingerprint density at radius 3 is 2.35 bits per heavy atom. The summed E-state index contributed by atoms with van der Waals surface area (Å²) in [7, 11) is 1.61. The number of amides is 1. The van der Waals surface area contributed by atoms with Crippen molar-refractivity contribution in [3.63, 3.8) is 0 Å². The van der Waals surface area contributed by atoms with Gasteiger partial charge in [-0.1, -0.05) is 83.6 Å². The lowest BCUT2D eigenvalue weighted by molar-refractivity contribution is -0.113. The normalized spacial score (nSPS) is 14.7. The molecule has 4 aromatic carbocycles.